The van der Waals surface area contributed by atoms with E-state index in [-0.39, 0.29) is 0 Å². The summed E-state index contributed by atoms with van der Waals surface area (Å²) in [7, 11) is 0. The molecule has 53 heavy (non-hydrogen) atoms. The standard InChI is InChI=1S/C50H31N3/c1-3-13-34(14-4-1)50(35-15-5-2-6-16-35)43-22-8-7-17-38(43)41-26-29-46-42(47(41)50)27-30-44(52-46)39-20-9-19-37-36(39)18-10-21-40(37)45-28-25-33-24-23-32-12-11-31-51-48(32)49(33)53-45/h1-31H. The lowest BCUT2D eigenvalue weighted by Crippen LogP contribution is -2.28. The summed E-state index contributed by atoms with van der Waals surface area (Å²) in [4.78, 5) is 15.3. The summed E-state index contributed by atoms with van der Waals surface area (Å²) in [5, 5.41) is 5.62. The Morgan fingerprint density at radius 1 is 0.358 bits per heavy atom. The van der Waals surface area contributed by atoms with E-state index in [1.54, 1.807) is 0 Å². The van der Waals surface area contributed by atoms with Crippen molar-refractivity contribution in [1.29, 1.82) is 0 Å². The van der Waals surface area contributed by atoms with E-state index in [1.807, 2.05) is 12.3 Å². The zero-order chi connectivity index (χ0) is 34.9. The molecule has 7 aromatic carbocycles. The van der Waals surface area contributed by atoms with E-state index in [1.165, 1.54) is 33.4 Å². The maximum absolute atomic E-state index is 5.44. The molecule has 0 spiro atoms. The van der Waals surface area contributed by atoms with Crippen LogP contribution in [-0.2, 0) is 5.41 Å². The molecule has 10 aromatic rings. The zero-order valence-corrected chi connectivity index (χ0v) is 28.7. The summed E-state index contributed by atoms with van der Waals surface area (Å²) in [5.74, 6) is 0. The molecule has 0 saturated carbocycles. The summed E-state index contributed by atoms with van der Waals surface area (Å²) in [6.45, 7) is 0. The van der Waals surface area contributed by atoms with E-state index in [2.05, 4.69) is 176 Å². The Hall–Kier alpha value is -6.97. The first-order chi connectivity index (χ1) is 26.3. The first-order valence-corrected chi connectivity index (χ1v) is 18.1. The number of rotatable bonds is 4. The van der Waals surface area contributed by atoms with Crippen molar-refractivity contribution in [3.63, 3.8) is 0 Å². The van der Waals surface area contributed by atoms with Crippen molar-refractivity contribution in [3.8, 4) is 33.6 Å². The zero-order valence-electron chi connectivity index (χ0n) is 28.7. The number of benzene rings is 7. The number of fused-ring (bicyclic) bond motifs is 9. The summed E-state index contributed by atoms with van der Waals surface area (Å²) >= 11 is 0. The van der Waals surface area contributed by atoms with Crippen molar-refractivity contribution < 1.29 is 0 Å². The quantitative estimate of drug-likeness (QED) is 0.175. The summed E-state index contributed by atoms with van der Waals surface area (Å²) in [6, 6.07) is 65.4. The van der Waals surface area contributed by atoms with Gasteiger partial charge in [-0.3, -0.25) is 4.98 Å². The number of hydrogen-bond donors (Lipinski definition) is 0. The lowest BCUT2D eigenvalue weighted by atomic mass is 9.67. The largest absolute Gasteiger partial charge is 0.254 e. The molecule has 0 fully saturated rings. The molecule has 0 amide bonds. The first kappa shape index (κ1) is 29.7. The minimum atomic E-state index is -0.487. The van der Waals surface area contributed by atoms with Gasteiger partial charge in [0.1, 0.15) is 0 Å². The Morgan fingerprint density at radius 2 is 0.962 bits per heavy atom. The second-order valence-corrected chi connectivity index (χ2v) is 13.9. The predicted molar refractivity (Wildman–Crippen MR) is 218 cm³/mol. The van der Waals surface area contributed by atoms with Crippen molar-refractivity contribution >= 4 is 43.5 Å². The molecular weight excluding hydrogens is 643 g/mol. The molecule has 3 nitrogen and oxygen atoms in total. The van der Waals surface area contributed by atoms with E-state index in [4.69, 9.17) is 15.0 Å². The highest BCUT2D eigenvalue weighted by Gasteiger charge is 2.47. The van der Waals surface area contributed by atoms with Crippen LogP contribution in [-0.4, -0.2) is 15.0 Å². The van der Waals surface area contributed by atoms with Crippen LogP contribution in [0.3, 0.4) is 0 Å². The van der Waals surface area contributed by atoms with Gasteiger partial charge in [0.25, 0.3) is 0 Å². The number of aromatic nitrogens is 3. The molecular formula is C50H31N3. The molecule has 11 rings (SSSR count). The second kappa shape index (κ2) is 11.5. The number of pyridine rings is 3. The highest BCUT2D eigenvalue weighted by atomic mass is 14.8. The lowest BCUT2D eigenvalue weighted by Gasteiger charge is -2.34. The van der Waals surface area contributed by atoms with Crippen LogP contribution >= 0.6 is 0 Å². The Bertz CT molecular complexity index is 3020. The number of hydrogen-bond acceptors (Lipinski definition) is 3. The van der Waals surface area contributed by atoms with E-state index >= 15 is 0 Å². The molecule has 0 N–H and O–H groups in total. The average Bonchev–Trinajstić information content (AvgIpc) is 3.55. The van der Waals surface area contributed by atoms with Gasteiger partial charge < -0.3 is 0 Å². The fourth-order valence-corrected chi connectivity index (χ4v) is 8.94. The predicted octanol–water partition coefficient (Wildman–Crippen LogP) is 12.2. The Balaban J connectivity index is 1.11. The highest BCUT2D eigenvalue weighted by Crippen LogP contribution is 2.58. The van der Waals surface area contributed by atoms with Crippen LogP contribution in [0.2, 0.25) is 0 Å². The third kappa shape index (κ3) is 4.31. The third-order valence-corrected chi connectivity index (χ3v) is 11.2. The molecule has 1 aliphatic carbocycles. The van der Waals surface area contributed by atoms with Gasteiger partial charge in [-0.15, -0.1) is 0 Å². The van der Waals surface area contributed by atoms with Crippen molar-refractivity contribution in [2.75, 3.05) is 0 Å². The molecule has 246 valence electrons. The average molecular weight is 674 g/mol. The molecule has 1 aliphatic rings. The van der Waals surface area contributed by atoms with Crippen LogP contribution in [0.4, 0.5) is 0 Å². The highest BCUT2D eigenvalue weighted by molar-refractivity contribution is 6.07. The van der Waals surface area contributed by atoms with Crippen LogP contribution in [0, 0.1) is 0 Å². The molecule has 3 heteroatoms. The van der Waals surface area contributed by atoms with E-state index in [0.29, 0.717) is 0 Å². The molecule has 3 aromatic heterocycles. The Labute approximate surface area is 306 Å². The first-order valence-electron chi connectivity index (χ1n) is 18.1. The molecule has 0 bridgehead atoms. The van der Waals surface area contributed by atoms with E-state index in [9.17, 15) is 0 Å². The Kier molecular flexibility index (Phi) is 6.47. The fourth-order valence-electron chi connectivity index (χ4n) is 8.94. The molecule has 0 saturated heterocycles. The molecule has 0 atom stereocenters. The SMILES string of the molecule is c1ccc(C2(c3ccccc3)c3ccccc3-c3ccc4nc(-c5cccc6c(-c7ccc8ccc9cccnc9c8n7)cccc56)ccc4c32)cc1. The molecule has 0 aliphatic heterocycles. The van der Waals surface area contributed by atoms with Gasteiger partial charge in [-0.05, 0) is 68.4 Å². The lowest BCUT2D eigenvalue weighted by molar-refractivity contribution is 0.775. The van der Waals surface area contributed by atoms with Crippen LogP contribution in [0.1, 0.15) is 22.3 Å². The van der Waals surface area contributed by atoms with Gasteiger partial charge in [-0.25, -0.2) is 9.97 Å². The van der Waals surface area contributed by atoms with Crippen molar-refractivity contribution in [2.24, 2.45) is 0 Å². The van der Waals surface area contributed by atoms with Gasteiger partial charge in [0.2, 0.25) is 0 Å². The number of nitrogens with zero attached hydrogens (tertiary/aromatic N) is 3. The minimum Gasteiger partial charge on any atom is -0.254 e. The maximum Gasteiger partial charge on any atom is 0.0972 e. The van der Waals surface area contributed by atoms with Crippen LogP contribution in [0.5, 0.6) is 0 Å². The topological polar surface area (TPSA) is 38.7 Å². The molecule has 0 radical (unpaired) electrons. The van der Waals surface area contributed by atoms with Gasteiger partial charge in [0, 0.05) is 33.5 Å². The van der Waals surface area contributed by atoms with E-state index < -0.39 is 5.41 Å². The smallest absolute Gasteiger partial charge is 0.0972 e. The normalized spacial score (nSPS) is 13.1. The monoisotopic (exact) mass is 673 g/mol. The van der Waals surface area contributed by atoms with Crippen LogP contribution in [0.25, 0.3) is 77.1 Å². The molecule has 0 unspecified atom stereocenters. The van der Waals surface area contributed by atoms with Crippen molar-refractivity contribution in [1.82, 2.24) is 15.0 Å². The Morgan fingerprint density at radius 3 is 1.70 bits per heavy atom. The van der Waals surface area contributed by atoms with Gasteiger partial charge >= 0.3 is 0 Å². The van der Waals surface area contributed by atoms with Crippen molar-refractivity contribution in [3.05, 3.63) is 210 Å². The van der Waals surface area contributed by atoms with Crippen LogP contribution < -0.4 is 0 Å². The van der Waals surface area contributed by atoms with Gasteiger partial charge in [0.15, 0.2) is 0 Å². The maximum atomic E-state index is 5.44. The van der Waals surface area contributed by atoms with Gasteiger partial charge in [-0.2, -0.15) is 0 Å². The van der Waals surface area contributed by atoms with E-state index in [0.717, 1.165) is 66.0 Å². The summed E-state index contributed by atoms with van der Waals surface area (Å²) in [5.41, 5.74) is 14.0. The molecule has 3 heterocycles. The summed E-state index contributed by atoms with van der Waals surface area (Å²) < 4.78 is 0. The minimum absolute atomic E-state index is 0.487. The third-order valence-electron chi connectivity index (χ3n) is 11.2. The van der Waals surface area contributed by atoms with Gasteiger partial charge in [-0.1, -0.05) is 158 Å². The second-order valence-electron chi connectivity index (χ2n) is 13.9. The summed E-state index contributed by atoms with van der Waals surface area (Å²) in [6.07, 6.45) is 1.84. The van der Waals surface area contributed by atoms with Crippen molar-refractivity contribution in [2.45, 2.75) is 5.41 Å². The van der Waals surface area contributed by atoms with Crippen LogP contribution in [0.15, 0.2) is 188 Å². The van der Waals surface area contributed by atoms with Gasteiger partial charge in [0.05, 0.1) is 33.4 Å². The fraction of sp³-hybridized carbons (Fsp3) is 0.0200.